The highest BCUT2D eigenvalue weighted by Crippen LogP contribution is 2.25. The second-order valence-electron chi connectivity index (χ2n) is 5.23. The van der Waals surface area contributed by atoms with E-state index in [1.54, 1.807) is 12.1 Å². The zero-order chi connectivity index (χ0) is 14.7. The third kappa shape index (κ3) is 3.98. The Bertz CT molecular complexity index is 485. The lowest BCUT2D eigenvalue weighted by Gasteiger charge is -2.39. The first-order valence-electron chi connectivity index (χ1n) is 6.78. The summed E-state index contributed by atoms with van der Waals surface area (Å²) in [7, 11) is 0. The van der Waals surface area contributed by atoms with Crippen molar-refractivity contribution in [3.05, 3.63) is 28.2 Å². The molecule has 6 heteroatoms. The number of anilines is 1. The maximum Gasteiger partial charge on any atom is 0.185 e. The predicted molar refractivity (Wildman–Crippen MR) is 90.4 cm³/mol. The van der Waals surface area contributed by atoms with Crippen molar-refractivity contribution in [2.75, 3.05) is 5.32 Å². The van der Waals surface area contributed by atoms with Crippen LogP contribution in [0.4, 0.5) is 5.69 Å². The summed E-state index contributed by atoms with van der Waals surface area (Å²) in [6.45, 7) is 4.42. The van der Waals surface area contributed by atoms with Crippen molar-refractivity contribution in [3.8, 4) is 0 Å². The molecule has 1 aromatic rings. The van der Waals surface area contributed by atoms with E-state index >= 15 is 0 Å². The number of thiocarbonyl (C=S) groups is 1. The highest BCUT2D eigenvalue weighted by Gasteiger charge is 2.25. The summed E-state index contributed by atoms with van der Waals surface area (Å²) in [4.78, 5) is 0. The van der Waals surface area contributed by atoms with E-state index in [0.29, 0.717) is 27.2 Å². The van der Waals surface area contributed by atoms with Crippen LogP contribution in [0.5, 0.6) is 0 Å². The van der Waals surface area contributed by atoms with Crippen LogP contribution in [0.3, 0.4) is 0 Å². The Hall–Kier alpha value is -0.550. The SMILES string of the molecule is C[C@H]1CCC[C@H](C)N1NC(=S)Nc1ccc(Cl)cc1Cl. The molecule has 0 saturated carbocycles. The van der Waals surface area contributed by atoms with Crippen molar-refractivity contribution in [1.29, 1.82) is 0 Å². The summed E-state index contributed by atoms with van der Waals surface area (Å²) in [5, 5.41) is 7.04. The first-order valence-corrected chi connectivity index (χ1v) is 7.95. The van der Waals surface area contributed by atoms with Gasteiger partial charge in [-0.1, -0.05) is 29.6 Å². The van der Waals surface area contributed by atoms with E-state index in [9.17, 15) is 0 Å². The van der Waals surface area contributed by atoms with Gasteiger partial charge in [-0.2, -0.15) is 0 Å². The molecule has 1 aliphatic rings. The van der Waals surface area contributed by atoms with Gasteiger partial charge in [-0.05, 0) is 57.1 Å². The highest BCUT2D eigenvalue weighted by molar-refractivity contribution is 7.80. The lowest BCUT2D eigenvalue weighted by Crippen LogP contribution is -2.55. The van der Waals surface area contributed by atoms with Crippen LogP contribution < -0.4 is 10.7 Å². The summed E-state index contributed by atoms with van der Waals surface area (Å²) < 4.78 is 0. The topological polar surface area (TPSA) is 27.3 Å². The summed E-state index contributed by atoms with van der Waals surface area (Å²) >= 11 is 17.4. The Balaban J connectivity index is 1.98. The van der Waals surface area contributed by atoms with E-state index in [-0.39, 0.29) is 0 Å². The van der Waals surface area contributed by atoms with Crippen LogP contribution in [0.1, 0.15) is 33.1 Å². The third-order valence-corrected chi connectivity index (χ3v) is 4.34. The fourth-order valence-electron chi connectivity index (χ4n) is 2.50. The van der Waals surface area contributed by atoms with E-state index in [0.717, 1.165) is 5.69 Å². The van der Waals surface area contributed by atoms with Gasteiger partial charge in [0, 0.05) is 17.1 Å². The molecule has 0 unspecified atom stereocenters. The van der Waals surface area contributed by atoms with Gasteiger partial charge in [0.1, 0.15) is 0 Å². The van der Waals surface area contributed by atoms with Crippen LogP contribution in [-0.4, -0.2) is 22.2 Å². The second-order valence-corrected chi connectivity index (χ2v) is 6.48. The van der Waals surface area contributed by atoms with Gasteiger partial charge in [0.2, 0.25) is 0 Å². The van der Waals surface area contributed by atoms with Crippen molar-refractivity contribution >= 4 is 46.2 Å². The van der Waals surface area contributed by atoms with Crippen LogP contribution in [-0.2, 0) is 0 Å². The van der Waals surface area contributed by atoms with E-state index in [1.807, 2.05) is 6.07 Å². The maximum absolute atomic E-state index is 6.13. The molecule has 2 rings (SSSR count). The molecular weight excluding hydrogens is 313 g/mol. The molecule has 1 fully saturated rings. The van der Waals surface area contributed by atoms with Crippen LogP contribution >= 0.6 is 35.4 Å². The van der Waals surface area contributed by atoms with E-state index < -0.39 is 0 Å². The molecule has 2 N–H and O–H groups in total. The molecule has 0 bridgehead atoms. The Morgan fingerprint density at radius 2 is 1.90 bits per heavy atom. The number of piperidine rings is 1. The first-order chi connectivity index (χ1) is 9.47. The lowest BCUT2D eigenvalue weighted by atomic mass is 10.00. The number of hydrogen-bond donors (Lipinski definition) is 2. The number of halogens is 2. The van der Waals surface area contributed by atoms with Gasteiger partial charge in [-0.25, -0.2) is 5.01 Å². The number of rotatable bonds is 2. The van der Waals surface area contributed by atoms with Gasteiger partial charge in [0.25, 0.3) is 0 Å². The molecule has 1 aromatic carbocycles. The summed E-state index contributed by atoms with van der Waals surface area (Å²) in [6, 6.07) is 6.24. The fourth-order valence-corrected chi connectivity index (χ4v) is 3.17. The molecular formula is C14H19Cl2N3S. The molecule has 0 spiro atoms. The first kappa shape index (κ1) is 15.8. The van der Waals surface area contributed by atoms with Gasteiger partial charge >= 0.3 is 0 Å². The quantitative estimate of drug-likeness (QED) is 0.782. The Morgan fingerprint density at radius 1 is 1.25 bits per heavy atom. The van der Waals surface area contributed by atoms with E-state index in [1.165, 1.54) is 19.3 Å². The largest absolute Gasteiger partial charge is 0.330 e. The van der Waals surface area contributed by atoms with Crippen LogP contribution in [0, 0.1) is 0 Å². The van der Waals surface area contributed by atoms with Gasteiger partial charge in [-0.3, -0.25) is 5.43 Å². The molecule has 0 aromatic heterocycles. The Kier molecular flexibility index (Phi) is 5.49. The molecule has 1 aliphatic heterocycles. The fraction of sp³-hybridized carbons (Fsp3) is 0.500. The number of nitrogens with one attached hydrogen (secondary N) is 2. The minimum atomic E-state index is 0.471. The molecule has 1 heterocycles. The van der Waals surface area contributed by atoms with E-state index in [4.69, 9.17) is 35.4 Å². The minimum absolute atomic E-state index is 0.471. The second kappa shape index (κ2) is 6.94. The number of hydrazine groups is 1. The molecule has 20 heavy (non-hydrogen) atoms. The number of nitrogens with zero attached hydrogens (tertiary/aromatic N) is 1. The predicted octanol–water partition coefficient (Wildman–Crippen LogP) is 4.46. The number of hydrogen-bond acceptors (Lipinski definition) is 2. The molecule has 0 aliphatic carbocycles. The normalized spacial score (nSPS) is 23.4. The molecule has 1 saturated heterocycles. The van der Waals surface area contributed by atoms with Gasteiger partial charge < -0.3 is 5.32 Å². The average molecular weight is 332 g/mol. The zero-order valence-electron chi connectivity index (χ0n) is 11.6. The molecule has 0 amide bonds. The van der Waals surface area contributed by atoms with E-state index in [2.05, 4.69) is 29.6 Å². The van der Waals surface area contributed by atoms with Crippen LogP contribution in [0.2, 0.25) is 10.0 Å². The minimum Gasteiger partial charge on any atom is -0.330 e. The van der Waals surface area contributed by atoms with Crippen molar-refractivity contribution < 1.29 is 0 Å². The molecule has 3 nitrogen and oxygen atoms in total. The third-order valence-electron chi connectivity index (χ3n) is 3.60. The van der Waals surface area contributed by atoms with Crippen molar-refractivity contribution in [2.24, 2.45) is 0 Å². The summed E-state index contributed by atoms with van der Waals surface area (Å²) in [6.07, 6.45) is 3.63. The maximum atomic E-state index is 6.13. The summed E-state index contributed by atoms with van der Waals surface area (Å²) in [5.74, 6) is 0. The highest BCUT2D eigenvalue weighted by atomic mass is 35.5. The number of benzene rings is 1. The smallest absolute Gasteiger partial charge is 0.185 e. The van der Waals surface area contributed by atoms with Crippen molar-refractivity contribution in [2.45, 2.75) is 45.2 Å². The van der Waals surface area contributed by atoms with Gasteiger partial charge in [0.05, 0.1) is 10.7 Å². The molecule has 0 radical (unpaired) electrons. The Morgan fingerprint density at radius 3 is 2.50 bits per heavy atom. The van der Waals surface area contributed by atoms with Crippen LogP contribution in [0.15, 0.2) is 18.2 Å². The van der Waals surface area contributed by atoms with Gasteiger partial charge in [-0.15, -0.1) is 0 Å². The average Bonchev–Trinajstić information content (AvgIpc) is 2.37. The van der Waals surface area contributed by atoms with Gasteiger partial charge in [0.15, 0.2) is 5.11 Å². The molecule has 110 valence electrons. The van der Waals surface area contributed by atoms with Crippen molar-refractivity contribution in [3.63, 3.8) is 0 Å². The monoisotopic (exact) mass is 331 g/mol. The zero-order valence-corrected chi connectivity index (χ0v) is 13.9. The standard InChI is InChI=1S/C14H19Cl2N3S/c1-9-4-3-5-10(2)19(9)18-14(20)17-13-7-6-11(15)8-12(13)16/h6-10H,3-5H2,1-2H3,(H2,17,18,20)/t9-,10-/m0/s1. The summed E-state index contributed by atoms with van der Waals surface area (Å²) in [5.41, 5.74) is 4.03. The molecule has 2 atom stereocenters. The van der Waals surface area contributed by atoms with Crippen molar-refractivity contribution in [1.82, 2.24) is 10.4 Å². The van der Waals surface area contributed by atoms with Crippen LogP contribution in [0.25, 0.3) is 0 Å². The lowest BCUT2D eigenvalue weighted by molar-refractivity contribution is 0.0750. The Labute approximate surface area is 135 Å².